The molecule has 1 unspecified atom stereocenters. The minimum absolute atomic E-state index is 0.0194. The van der Waals surface area contributed by atoms with Crippen LogP contribution >= 0.6 is 11.6 Å². The first kappa shape index (κ1) is 26.3. The summed E-state index contributed by atoms with van der Waals surface area (Å²) in [6.45, 7) is 4.92. The minimum atomic E-state index is -0.272. The molecule has 6 heteroatoms. The topological polar surface area (TPSA) is 64.6 Å². The molecule has 0 spiro atoms. The molecule has 3 rings (SSSR count). The number of rotatable bonds is 12. The Hall–Kier alpha value is -3.31. The smallest absolute Gasteiger partial charge is 0.253 e. The van der Waals surface area contributed by atoms with Crippen LogP contribution in [0.15, 0.2) is 60.7 Å². The molecule has 184 valence electrons. The third-order valence-electron chi connectivity index (χ3n) is 5.85. The van der Waals surface area contributed by atoms with Crippen LogP contribution in [0.4, 0.5) is 0 Å². The van der Waals surface area contributed by atoms with Crippen LogP contribution in [0.25, 0.3) is 11.1 Å². The van der Waals surface area contributed by atoms with Gasteiger partial charge in [-0.15, -0.1) is 0 Å². The maximum Gasteiger partial charge on any atom is 0.253 e. The Labute approximate surface area is 212 Å². The van der Waals surface area contributed by atoms with Gasteiger partial charge in [0, 0.05) is 18.0 Å². The summed E-state index contributed by atoms with van der Waals surface area (Å²) < 4.78 is 11.1. The van der Waals surface area contributed by atoms with Crippen molar-refractivity contribution in [2.45, 2.75) is 39.7 Å². The second kappa shape index (κ2) is 13.0. The summed E-state index contributed by atoms with van der Waals surface area (Å²) in [6.07, 6.45) is 3.45. The van der Waals surface area contributed by atoms with Gasteiger partial charge in [0.2, 0.25) is 0 Å². The predicted molar refractivity (Wildman–Crippen MR) is 140 cm³/mol. The number of carbonyl (C=O) groups excluding carboxylic acids is 2. The molecular formula is C29H32ClNO4. The van der Waals surface area contributed by atoms with Gasteiger partial charge in [-0.3, -0.25) is 4.79 Å². The number of aldehydes is 1. The van der Waals surface area contributed by atoms with Crippen LogP contribution in [0, 0.1) is 5.92 Å². The van der Waals surface area contributed by atoms with E-state index in [0.29, 0.717) is 28.7 Å². The molecule has 1 N–H and O–H groups in total. The molecule has 0 saturated carbocycles. The number of nitrogens with one attached hydrogen (secondary N) is 1. The lowest BCUT2D eigenvalue weighted by atomic mass is 9.95. The van der Waals surface area contributed by atoms with Gasteiger partial charge in [-0.2, -0.15) is 0 Å². The van der Waals surface area contributed by atoms with Gasteiger partial charge in [0.1, 0.15) is 17.8 Å². The number of hydrogen-bond donors (Lipinski definition) is 1. The molecular weight excluding hydrogens is 462 g/mol. The number of ether oxygens (including phenoxy) is 2. The van der Waals surface area contributed by atoms with Crippen LogP contribution in [0.5, 0.6) is 11.5 Å². The molecule has 0 radical (unpaired) electrons. The zero-order chi connectivity index (χ0) is 25.2. The van der Waals surface area contributed by atoms with Crippen LogP contribution in [-0.4, -0.2) is 25.9 Å². The molecule has 1 atom stereocenters. The average molecular weight is 494 g/mol. The number of hydrogen-bond acceptors (Lipinski definition) is 4. The van der Waals surface area contributed by atoms with Gasteiger partial charge in [-0.05, 0) is 66.3 Å². The van der Waals surface area contributed by atoms with E-state index in [1.54, 1.807) is 25.3 Å². The zero-order valence-corrected chi connectivity index (χ0v) is 21.2. The maximum atomic E-state index is 12.8. The van der Waals surface area contributed by atoms with E-state index in [9.17, 15) is 9.59 Å². The van der Waals surface area contributed by atoms with Crippen LogP contribution in [0.3, 0.4) is 0 Å². The Morgan fingerprint density at radius 3 is 2.54 bits per heavy atom. The highest BCUT2D eigenvalue weighted by Crippen LogP contribution is 2.28. The van der Waals surface area contributed by atoms with E-state index in [4.69, 9.17) is 21.1 Å². The molecule has 0 heterocycles. The molecule has 0 aliphatic heterocycles. The van der Waals surface area contributed by atoms with Crippen molar-refractivity contribution >= 4 is 23.8 Å². The number of methoxy groups -OCH3 is 1. The first-order valence-electron chi connectivity index (χ1n) is 11.9. The Bertz CT molecular complexity index is 1160. The third kappa shape index (κ3) is 7.09. The Morgan fingerprint density at radius 2 is 1.86 bits per heavy atom. The summed E-state index contributed by atoms with van der Waals surface area (Å²) >= 11 is 6.33. The van der Waals surface area contributed by atoms with Crippen molar-refractivity contribution in [3.05, 3.63) is 82.4 Å². The SMILES string of the molecule is CCCOc1ccc(C(=O)NCc2cc(-c3cccc(CC(C=O)CC)c3)ccc2OC)c(Cl)c1. The molecule has 0 bridgehead atoms. The lowest BCUT2D eigenvalue weighted by Crippen LogP contribution is -2.23. The highest BCUT2D eigenvalue weighted by Gasteiger charge is 2.14. The van der Waals surface area contributed by atoms with Gasteiger partial charge in [0.15, 0.2) is 0 Å². The molecule has 1 amide bonds. The van der Waals surface area contributed by atoms with E-state index in [0.717, 1.165) is 47.8 Å². The zero-order valence-electron chi connectivity index (χ0n) is 20.5. The number of benzene rings is 3. The van der Waals surface area contributed by atoms with Crippen molar-refractivity contribution in [1.29, 1.82) is 0 Å². The van der Waals surface area contributed by atoms with Crippen LogP contribution < -0.4 is 14.8 Å². The second-order valence-electron chi connectivity index (χ2n) is 8.41. The van der Waals surface area contributed by atoms with Gasteiger partial charge < -0.3 is 19.6 Å². The quantitative estimate of drug-likeness (QED) is 0.292. The van der Waals surface area contributed by atoms with E-state index in [1.165, 1.54) is 0 Å². The molecule has 35 heavy (non-hydrogen) atoms. The van der Waals surface area contributed by atoms with Gasteiger partial charge >= 0.3 is 0 Å². The van der Waals surface area contributed by atoms with E-state index in [-0.39, 0.29) is 18.4 Å². The lowest BCUT2D eigenvalue weighted by Gasteiger charge is -2.14. The molecule has 0 aromatic heterocycles. The standard InChI is InChI=1S/C29H32ClNO4/c1-4-13-35-25-10-11-26(27(30)17-25)29(33)31-18-24-16-23(9-12-28(24)34-3)22-8-6-7-21(15-22)14-20(5-2)19-32/h6-12,15-17,19-20H,4-5,13-14,18H2,1-3H3,(H,31,33). The Balaban J connectivity index is 1.76. The largest absolute Gasteiger partial charge is 0.496 e. The van der Waals surface area contributed by atoms with Crippen LogP contribution in [-0.2, 0) is 17.8 Å². The summed E-state index contributed by atoms with van der Waals surface area (Å²) in [5, 5.41) is 3.28. The Morgan fingerprint density at radius 1 is 1.06 bits per heavy atom. The molecule has 0 fully saturated rings. The van der Waals surface area contributed by atoms with Gasteiger partial charge in [0.25, 0.3) is 5.91 Å². The highest BCUT2D eigenvalue weighted by atomic mass is 35.5. The van der Waals surface area contributed by atoms with E-state index in [1.807, 2.05) is 50.2 Å². The van der Waals surface area contributed by atoms with Crippen molar-refractivity contribution in [2.75, 3.05) is 13.7 Å². The first-order valence-corrected chi connectivity index (χ1v) is 12.3. The molecule has 0 aliphatic rings. The minimum Gasteiger partial charge on any atom is -0.496 e. The summed E-state index contributed by atoms with van der Waals surface area (Å²) in [5.41, 5.74) is 4.41. The number of carbonyl (C=O) groups is 2. The van der Waals surface area contributed by atoms with Crippen LogP contribution in [0.1, 0.15) is 48.2 Å². The van der Waals surface area contributed by atoms with Gasteiger partial charge in [0.05, 0.1) is 24.3 Å². The summed E-state index contributed by atoms with van der Waals surface area (Å²) in [7, 11) is 1.61. The third-order valence-corrected chi connectivity index (χ3v) is 6.17. The summed E-state index contributed by atoms with van der Waals surface area (Å²) in [5.74, 6) is 1.08. The van der Waals surface area contributed by atoms with E-state index < -0.39 is 0 Å². The number of amides is 1. The average Bonchev–Trinajstić information content (AvgIpc) is 2.89. The molecule has 0 saturated heterocycles. The molecule has 5 nitrogen and oxygen atoms in total. The predicted octanol–water partition coefficient (Wildman–Crippen LogP) is 6.50. The van der Waals surface area contributed by atoms with E-state index in [2.05, 4.69) is 11.4 Å². The fourth-order valence-corrected chi connectivity index (χ4v) is 4.08. The Kier molecular flexibility index (Phi) is 9.74. The van der Waals surface area contributed by atoms with Gasteiger partial charge in [-0.25, -0.2) is 0 Å². The van der Waals surface area contributed by atoms with Crippen molar-refractivity contribution < 1.29 is 19.1 Å². The normalized spacial score (nSPS) is 11.5. The number of halogens is 1. The van der Waals surface area contributed by atoms with Crippen molar-refractivity contribution in [2.24, 2.45) is 5.92 Å². The monoisotopic (exact) mass is 493 g/mol. The lowest BCUT2D eigenvalue weighted by molar-refractivity contribution is -0.111. The van der Waals surface area contributed by atoms with Gasteiger partial charge in [-0.1, -0.05) is 55.8 Å². The summed E-state index contributed by atoms with van der Waals surface area (Å²) in [6, 6.07) is 19.2. The van der Waals surface area contributed by atoms with Crippen molar-refractivity contribution in [3.8, 4) is 22.6 Å². The molecule has 0 aliphatic carbocycles. The molecule has 3 aromatic carbocycles. The van der Waals surface area contributed by atoms with Crippen molar-refractivity contribution in [3.63, 3.8) is 0 Å². The maximum absolute atomic E-state index is 12.8. The second-order valence-corrected chi connectivity index (χ2v) is 8.82. The fourth-order valence-electron chi connectivity index (χ4n) is 3.83. The first-order chi connectivity index (χ1) is 17.0. The summed E-state index contributed by atoms with van der Waals surface area (Å²) in [4.78, 5) is 24.1. The molecule has 3 aromatic rings. The fraction of sp³-hybridized carbons (Fsp3) is 0.310. The van der Waals surface area contributed by atoms with E-state index >= 15 is 0 Å². The van der Waals surface area contributed by atoms with Crippen molar-refractivity contribution in [1.82, 2.24) is 5.32 Å². The van der Waals surface area contributed by atoms with Crippen LogP contribution in [0.2, 0.25) is 5.02 Å². The highest BCUT2D eigenvalue weighted by molar-refractivity contribution is 6.34.